The van der Waals surface area contributed by atoms with Gasteiger partial charge in [-0.25, -0.2) is 4.98 Å². The largest absolute Gasteiger partial charge is 0.448 e. The summed E-state index contributed by atoms with van der Waals surface area (Å²) in [5, 5.41) is 13.0. The molecule has 1 aliphatic heterocycles. The van der Waals surface area contributed by atoms with E-state index in [0.29, 0.717) is 24.7 Å². The number of piperidine rings is 1. The van der Waals surface area contributed by atoms with Gasteiger partial charge in [-0.05, 0) is 31.9 Å². The zero-order chi connectivity index (χ0) is 16.7. The van der Waals surface area contributed by atoms with Gasteiger partial charge in [-0.3, -0.25) is 4.79 Å². The van der Waals surface area contributed by atoms with Gasteiger partial charge in [0.2, 0.25) is 0 Å². The predicted octanol–water partition coefficient (Wildman–Crippen LogP) is 1.75. The van der Waals surface area contributed by atoms with Gasteiger partial charge in [0.15, 0.2) is 23.1 Å². The molecule has 0 atom stereocenters. The maximum Gasteiger partial charge on any atom is 0.275 e. The topological polar surface area (TPSA) is 89.4 Å². The molecule has 3 aromatic heterocycles. The van der Waals surface area contributed by atoms with Crippen LogP contribution in [0.3, 0.4) is 0 Å². The number of nitrogens with zero attached hydrogens (tertiary/aromatic N) is 6. The standard InChI is InChI=1S/C16H18N6O2/c1-10-3-4-14-18-19-15(22(14)20-10)12-5-7-21(8-6-12)16(23)13-9-24-11(2)17-13/h3-4,9,12H,5-8H2,1-2H3. The predicted molar refractivity (Wildman–Crippen MR) is 84.6 cm³/mol. The van der Waals surface area contributed by atoms with Gasteiger partial charge in [0, 0.05) is 25.9 Å². The van der Waals surface area contributed by atoms with Crippen LogP contribution in [-0.4, -0.2) is 48.7 Å². The molecule has 0 bridgehead atoms. The summed E-state index contributed by atoms with van der Waals surface area (Å²) in [6, 6.07) is 3.85. The molecule has 0 spiro atoms. The van der Waals surface area contributed by atoms with Crippen molar-refractivity contribution in [1.82, 2.24) is 29.7 Å². The second-order valence-electron chi connectivity index (χ2n) is 6.12. The maximum atomic E-state index is 12.4. The van der Waals surface area contributed by atoms with Crippen molar-refractivity contribution in [2.45, 2.75) is 32.6 Å². The Balaban J connectivity index is 1.49. The molecular formula is C16H18N6O2. The van der Waals surface area contributed by atoms with Crippen molar-refractivity contribution in [2.24, 2.45) is 0 Å². The molecular weight excluding hydrogens is 308 g/mol. The first kappa shape index (κ1) is 14.8. The molecule has 3 aromatic rings. The highest BCUT2D eigenvalue weighted by atomic mass is 16.3. The number of likely N-dealkylation sites (tertiary alicyclic amines) is 1. The van der Waals surface area contributed by atoms with Crippen LogP contribution in [0.2, 0.25) is 0 Å². The van der Waals surface area contributed by atoms with Crippen molar-refractivity contribution in [2.75, 3.05) is 13.1 Å². The molecule has 1 aliphatic rings. The van der Waals surface area contributed by atoms with E-state index in [1.54, 1.807) is 6.92 Å². The molecule has 1 fully saturated rings. The zero-order valence-electron chi connectivity index (χ0n) is 13.6. The molecule has 124 valence electrons. The second kappa shape index (κ2) is 5.70. The lowest BCUT2D eigenvalue weighted by molar-refractivity contribution is 0.0704. The molecule has 24 heavy (non-hydrogen) atoms. The Morgan fingerprint density at radius 1 is 1.21 bits per heavy atom. The number of rotatable bonds is 2. The molecule has 0 saturated carbocycles. The van der Waals surface area contributed by atoms with Crippen molar-refractivity contribution >= 4 is 11.6 Å². The highest BCUT2D eigenvalue weighted by molar-refractivity contribution is 5.92. The Labute approximate surface area is 138 Å². The van der Waals surface area contributed by atoms with E-state index in [4.69, 9.17) is 4.42 Å². The first-order valence-electron chi connectivity index (χ1n) is 8.02. The van der Waals surface area contributed by atoms with Crippen LogP contribution < -0.4 is 0 Å². The minimum atomic E-state index is -0.0784. The minimum absolute atomic E-state index is 0.0784. The number of aryl methyl sites for hydroxylation is 2. The molecule has 0 N–H and O–H groups in total. The van der Waals surface area contributed by atoms with E-state index in [2.05, 4.69) is 20.3 Å². The molecule has 0 radical (unpaired) electrons. The fraction of sp³-hybridized carbons (Fsp3) is 0.438. The summed E-state index contributed by atoms with van der Waals surface area (Å²) in [6.45, 7) is 5.01. The van der Waals surface area contributed by atoms with E-state index >= 15 is 0 Å². The van der Waals surface area contributed by atoms with Gasteiger partial charge < -0.3 is 9.32 Å². The monoisotopic (exact) mass is 326 g/mol. The first-order valence-corrected chi connectivity index (χ1v) is 8.02. The summed E-state index contributed by atoms with van der Waals surface area (Å²) in [7, 11) is 0. The highest BCUT2D eigenvalue weighted by Gasteiger charge is 2.28. The zero-order valence-corrected chi connectivity index (χ0v) is 13.6. The third-order valence-electron chi connectivity index (χ3n) is 4.41. The number of hydrogen-bond donors (Lipinski definition) is 0. The lowest BCUT2D eigenvalue weighted by Gasteiger charge is -2.30. The van der Waals surface area contributed by atoms with E-state index < -0.39 is 0 Å². The molecule has 1 amide bonds. The van der Waals surface area contributed by atoms with Gasteiger partial charge in [-0.2, -0.15) is 9.61 Å². The van der Waals surface area contributed by atoms with Crippen LogP contribution in [-0.2, 0) is 0 Å². The van der Waals surface area contributed by atoms with Crippen LogP contribution in [0.15, 0.2) is 22.8 Å². The van der Waals surface area contributed by atoms with Crippen molar-refractivity contribution in [3.63, 3.8) is 0 Å². The van der Waals surface area contributed by atoms with Crippen molar-refractivity contribution < 1.29 is 9.21 Å². The summed E-state index contributed by atoms with van der Waals surface area (Å²) < 4.78 is 6.95. The molecule has 4 heterocycles. The lowest BCUT2D eigenvalue weighted by Crippen LogP contribution is -2.38. The second-order valence-corrected chi connectivity index (χ2v) is 6.12. The minimum Gasteiger partial charge on any atom is -0.448 e. The Bertz CT molecular complexity index is 891. The SMILES string of the molecule is Cc1ccc2nnc(C3CCN(C(=O)c4coc(C)n4)CC3)n2n1. The van der Waals surface area contributed by atoms with Gasteiger partial charge >= 0.3 is 0 Å². The summed E-state index contributed by atoms with van der Waals surface area (Å²) in [5.74, 6) is 1.55. The number of amides is 1. The van der Waals surface area contributed by atoms with Gasteiger partial charge in [0.1, 0.15) is 6.26 Å². The van der Waals surface area contributed by atoms with Gasteiger partial charge in [0.05, 0.1) is 5.69 Å². The number of aromatic nitrogens is 5. The Morgan fingerprint density at radius 2 is 2.00 bits per heavy atom. The molecule has 8 heteroatoms. The maximum absolute atomic E-state index is 12.4. The Kier molecular flexibility index (Phi) is 3.51. The van der Waals surface area contributed by atoms with Crippen LogP contribution >= 0.6 is 0 Å². The summed E-state index contributed by atoms with van der Waals surface area (Å²) in [6.07, 6.45) is 3.08. The van der Waals surface area contributed by atoms with Crippen LogP contribution in [0, 0.1) is 13.8 Å². The first-order chi connectivity index (χ1) is 11.6. The molecule has 0 unspecified atom stereocenters. The van der Waals surface area contributed by atoms with Gasteiger partial charge in [-0.1, -0.05) is 0 Å². The Morgan fingerprint density at radius 3 is 2.71 bits per heavy atom. The lowest BCUT2D eigenvalue weighted by atomic mass is 9.96. The Hall–Kier alpha value is -2.77. The average molecular weight is 326 g/mol. The van der Waals surface area contributed by atoms with Crippen LogP contribution in [0.1, 0.15) is 46.7 Å². The number of carbonyl (C=O) groups is 1. The number of fused-ring (bicyclic) bond motifs is 1. The summed E-state index contributed by atoms with van der Waals surface area (Å²) in [5.41, 5.74) is 2.06. The van der Waals surface area contributed by atoms with E-state index in [-0.39, 0.29) is 11.8 Å². The van der Waals surface area contributed by atoms with Crippen LogP contribution in [0.4, 0.5) is 0 Å². The van der Waals surface area contributed by atoms with Crippen LogP contribution in [0.5, 0.6) is 0 Å². The van der Waals surface area contributed by atoms with E-state index in [1.165, 1.54) is 6.26 Å². The van der Waals surface area contributed by atoms with E-state index in [1.807, 2.05) is 28.5 Å². The molecule has 1 saturated heterocycles. The van der Waals surface area contributed by atoms with Gasteiger partial charge in [0.25, 0.3) is 5.91 Å². The highest BCUT2D eigenvalue weighted by Crippen LogP contribution is 2.27. The van der Waals surface area contributed by atoms with E-state index in [9.17, 15) is 4.79 Å². The third kappa shape index (κ3) is 2.53. The molecule has 4 rings (SSSR count). The normalized spacial score (nSPS) is 16.0. The quantitative estimate of drug-likeness (QED) is 0.713. The van der Waals surface area contributed by atoms with Crippen LogP contribution in [0.25, 0.3) is 5.65 Å². The number of hydrogen-bond acceptors (Lipinski definition) is 6. The molecule has 8 nitrogen and oxygen atoms in total. The number of carbonyl (C=O) groups excluding carboxylic acids is 1. The fourth-order valence-electron chi connectivity index (χ4n) is 3.12. The average Bonchev–Trinajstić information content (AvgIpc) is 3.20. The third-order valence-corrected chi connectivity index (χ3v) is 4.41. The molecule has 0 aliphatic carbocycles. The number of oxazole rings is 1. The summed E-state index contributed by atoms with van der Waals surface area (Å²) in [4.78, 5) is 18.3. The van der Waals surface area contributed by atoms with E-state index in [0.717, 1.165) is 30.0 Å². The van der Waals surface area contributed by atoms with Crippen molar-refractivity contribution in [3.8, 4) is 0 Å². The summed E-state index contributed by atoms with van der Waals surface area (Å²) >= 11 is 0. The molecule has 0 aromatic carbocycles. The van der Waals surface area contributed by atoms with Crippen molar-refractivity contribution in [3.05, 3.63) is 41.5 Å². The smallest absolute Gasteiger partial charge is 0.275 e. The van der Waals surface area contributed by atoms with Crippen molar-refractivity contribution in [1.29, 1.82) is 0 Å². The fourth-order valence-corrected chi connectivity index (χ4v) is 3.12. The van der Waals surface area contributed by atoms with Gasteiger partial charge in [-0.15, -0.1) is 10.2 Å².